The van der Waals surface area contributed by atoms with Crippen molar-refractivity contribution in [3.63, 3.8) is 0 Å². The summed E-state index contributed by atoms with van der Waals surface area (Å²) >= 11 is 0. The Balaban J connectivity index is 1.86. The fourth-order valence-corrected chi connectivity index (χ4v) is 2.67. The van der Waals surface area contributed by atoms with Crippen LogP contribution in [0.3, 0.4) is 0 Å². The monoisotopic (exact) mass is 296 g/mol. The van der Waals surface area contributed by atoms with Crippen molar-refractivity contribution < 1.29 is 8.78 Å². The van der Waals surface area contributed by atoms with Crippen molar-refractivity contribution in [3.05, 3.63) is 18.0 Å². The molecule has 0 aliphatic carbocycles. The van der Waals surface area contributed by atoms with Crippen molar-refractivity contribution >= 4 is 11.5 Å². The molecule has 0 bridgehead atoms. The lowest BCUT2D eigenvalue weighted by Crippen LogP contribution is -2.34. The van der Waals surface area contributed by atoms with Gasteiger partial charge in [-0.2, -0.15) is 4.52 Å². The minimum atomic E-state index is -2.68. The zero-order valence-corrected chi connectivity index (χ0v) is 12.1. The third-order valence-corrected chi connectivity index (χ3v) is 4.08. The lowest BCUT2D eigenvalue weighted by Gasteiger charge is -2.23. The molecule has 0 radical (unpaired) electrons. The van der Waals surface area contributed by atoms with Gasteiger partial charge < -0.3 is 9.80 Å². The van der Waals surface area contributed by atoms with Crippen molar-refractivity contribution in [1.29, 1.82) is 0 Å². The Bertz CT molecular complexity index is 628. The van der Waals surface area contributed by atoms with E-state index in [2.05, 4.69) is 39.1 Å². The Morgan fingerprint density at radius 3 is 2.90 bits per heavy atom. The molecule has 1 aliphatic rings. The largest absolute Gasteiger partial charge is 0.354 e. The molecule has 0 saturated carbocycles. The number of halogens is 2. The van der Waals surface area contributed by atoms with Crippen LogP contribution in [-0.2, 0) is 0 Å². The predicted molar refractivity (Wildman–Crippen MR) is 74.7 cm³/mol. The van der Waals surface area contributed by atoms with Gasteiger partial charge >= 0.3 is 0 Å². The topological polar surface area (TPSA) is 49.6 Å². The van der Waals surface area contributed by atoms with Crippen LogP contribution in [0.2, 0.25) is 0 Å². The molecule has 21 heavy (non-hydrogen) atoms. The van der Waals surface area contributed by atoms with E-state index in [0.29, 0.717) is 17.5 Å². The zero-order chi connectivity index (χ0) is 15.0. The van der Waals surface area contributed by atoms with Crippen molar-refractivity contribution in [2.45, 2.75) is 25.8 Å². The summed E-state index contributed by atoms with van der Waals surface area (Å²) in [5.74, 6) is 0.282. The summed E-state index contributed by atoms with van der Waals surface area (Å²) in [4.78, 5) is 4.41. The molecule has 0 amide bonds. The van der Waals surface area contributed by atoms with Crippen LogP contribution < -0.4 is 4.90 Å². The van der Waals surface area contributed by atoms with Gasteiger partial charge in [0.15, 0.2) is 5.65 Å². The van der Waals surface area contributed by atoms with Crippen molar-refractivity contribution in [2.24, 2.45) is 0 Å². The first-order valence-corrected chi connectivity index (χ1v) is 7.06. The number of alkyl halides is 2. The van der Waals surface area contributed by atoms with E-state index in [1.54, 1.807) is 6.07 Å². The van der Waals surface area contributed by atoms with Gasteiger partial charge in [0.05, 0.1) is 0 Å². The molecule has 3 heterocycles. The van der Waals surface area contributed by atoms with Crippen LogP contribution >= 0.6 is 0 Å². The molecule has 114 valence electrons. The van der Waals surface area contributed by atoms with Gasteiger partial charge in [0.1, 0.15) is 5.82 Å². The number of anilines is 1. The molecular weight excluding hydrogens is 278 g/mol. The summed E-state index contributed by atoms with van der Waals surface area (Å²) in [5.41, 5.74) is 0.343. The fraction of sp³-hybridized carbons (Fsp3) is 0.615. The third-order valence-electron chi connectivity index (χ3n) is 4.08. The summed E-state index contributed by atoms with van der Waals surface area (Å²) in [6.07, 6.45) is -1.63. The molecule has 0 N–H and O–H groups in total. The highest BCUT2D eigenvalue weighted by atomic mass is 19.3. The summed E-state index contributed by atoms with van der Waals surface area (Å²) < 4.78 is 26.9. The zero-order valence-electron chi connectivity index (χ0n) is 12.1. The van der Waals surface area contributed by atoms with Gasteiger partial charge in [-0.15, -0.1) is 15.3 Å². The van der Waals surface area contributed by atoms with E-state index in [9.17, 15) is 8.78 Å². The van der Waals surface area contributed by atoms with Gasteiger partial charge in [-0.3, -0.25) is 0 Å². The highest BCUT2D eigenvalue weighted by molar-refractivity contribution is 5.46. The van der Waals surface area contributed by atoms with E-state index < -0.39 is 12.2 Å². The van der Waals surface area contributed by atoms with Crippen molar-refractivity contribution in [2.75, 3.05) is 31.6 Å². The maximum atomic E-state index is 12.9. The van der Waals surface area contributed by atoms with Crippen LogP contribution in [0.4, 0.5) is 14.6 Å². The molecule has 1 saturated heterocycles. The quantitative estimate of drug-likeness (QED) is 0.857. The van der Waals surface area contributed by atoms with Gasteiger partial charge in [-0.1, -0.05) is 6.92 Å². The molecule has 0 spiro atoms. The standard InChI is InChI=1S/C13H18F2N6/c1-3-19(2)9-6-7-20(8-9)11-5-4-10-16-17-13(12(14)15)21(10)18-11/h4-5,9,12H,3,6-8H2,1-2H3. The average molecular weight is 296 g/mol. The summed E-state index contributed by atoms with van der Waals surface area (Å²) in [6, 6.07) is 3.97. The number of fused-ring (bicyclic) bond motifs is 1. The van der Waals surface area contributed by atoms with Crippen LogP contribution in [0.5, 0.6) is 0 Å². The highest BCUT2D eigenvalue weighted by Crippen LogP contribution is 2.22. The molecule has 3 rings (SSSR count). The highest BCUT2D eigenvalue weighted by Gasteiger charge is 2.26. The van der Waals surface area contributed by atoms with Crippen LogP contribution in [-0.4, -0.2) is 57.4 Å². The predicted octanol–water partition coefficient (Wildman–Crippen LogP) is 1.59. The Morgan fingerprint density at radius 2 is 2.19 bits per heavy atom. The molecule has 8 heteroatoms. The SMILES string of the molecule is CCN(C)C1CCN(c2ccc3nnc(C(F)F)n3n2)C1. The first-order valence-electron chi connectivity index (χ1n) is 7.06. The Labute approximate surface area is 121 Å². The Hall–Kier alpha value is -1.83. The van der Waals surface area contributed by atoms with E-state index in [0.717, 1.165) is 30.6 Å². The fourth-order valence-electron chi connectivity index (χ4n) is 2.67. The number of nitrogens with zero attached hydrogens (tertiary/aromatic N) is 6. The van der Waals surface area contributed by atoms with Crippen LogP contribution in [0.1, 0.15) is 25.6 Å². The van der Waals surface area contributed by atoms with Gasteiger partial charge in [0, 0.05) is 19.1 Å². The van der Waals surface area contributed by atoms with E-state index in [1.807, 2.05) is 6.07 Å². The van der Waals surface area contributed by atoms with E-state index in [-0.39, 0.29) is 0 Å². The van der Waals surface area contributed by atoms with Crippen molar-refractivity contribution in [1.82, 2.24) is 24.7 Å². The van der Waals surface area contributed by atoms with Gasteiger partial charge in [0.25, 0.3) is 6.43 Å². The minimum absolute atomic E-state index is 0.343. The van der Waals surface area contributed by atoms with Gasteiger partial charge in [-0.25, -0.2) is 8.78 Å². The molecule has 0 aromatic carbocycles. The molecule has 2 aromatic rings. The Kier molecular flexibility index (Phi) is 3.71. The minimum Gasteiger partial charge on any atom is -0.354 e. The molecule has 1 aliphatic heterocycles. The van der Waals surface area contributed by atoms with E-state index in [1.165, 1.54) is 0 Å². The summed E-state index contributed by atoms with van der Waals surface area (Å²) in [5, 5.41) is 11.5. The number of hydrogen-bond donors (Lipinski definition) is 0. The van der Waals surface area contributed by atoms with Crippen LogP contribution in [0.25, 0.3) is 5.65 Å². The molecule has 2 aromatic heterocycles. The van der Waals surface area contributed by atoms with Crippen molar-refractivity contribution in [3.8, 4) is 0 Å². The second kappa shape index (κ2) is 5.51. The number of rotatable bonds is 4. The maximum absolute atomic E-state index is 12.9. The van der Waals surface area contributed by atoms with Gasteiger partial charge in [-0.05, 0) is 32.1 Å². The first-order chi connectivity index (χ1) is 10.1. The molecule has 1 fully saturated rings. The molecule has 6 nitrogen and oxygen atoms in total. The van der Waals surface area contributed by atoms with Crippen LogP contribution in [0, 0.1) is 0 Å². The Morgan fingerprint density at radius 1 is 1.38 bits per heavy atom. The van der Waals surface area contributed by atoms with E-state index in [4.69, 9.17) is 0 Å². The second-order valence-electron chi connectivity index (χ2n) is 5.28. The maximum Gasteiger partial charge on any atom is 0.299 e. The normalized spacial score (nSPS) is 19.3. The van der Waals surface area contributed by atoms with Crippen LogP contribution in [0.15, 0.2) is 12.1 Å². The average Bonchev–Trinajstić information content (AvgIpc) is 3.12. The van der Waals surface area contributed by atoms with E-state index >= 15 is 0 Å². The number of hydrogen-bond acceptors (Lipinski definition) is 5. The molecule has 1 atom stereocenters. The molecule has 1 unspecified atom stereocenters. The summed E-state index contributed by atoms with van der Waals surface area (Å²) in [6.45, 7) is 4.85. The third kappa shape index (κ3) is 2.55. The van der Waals surface area contributed by atoms with Gasteiger partial charge in [0.2, 0.25) is 5.82 Å². The lowest BCUT2D eigenvalue weighted by atomic mass is 10.2. The second-order valence-corrected chi connectivity index (χ2v) is 5.28. The number of likely N-dealkylation sites (N-methyl/N-ethyl adjacent to an activating group) is 1. The lowest BCUT2D eigenvalue weighted by molar-refractivity contribution is 0.137. The summed E-state index contributed by atoms with van der Waals surface area (Å²) in [7, 11) is 2.10. The molecular formula is C13H18F2N6. The number of aromatic nitrogens is 4. The first kappa shape index (κ1) is 14.1. The smallest absolute Gasteiger partial charge is 0.299 e.